The predicted molar refractivity (Wildman–Crippen MR) is 67.9 cm³/mol. The molecule has 0 bridgehead atoms. The lowest BCUT2D eigenvalue weighted by Crippen LogP contribution is -2.40. The van der Waals surface area contributed by atoms with E-state index in [-0.39, 0.29) is 11.8 Å². The summed E-state index contributed by atoms with van der Waals surface area (Å²) in [4.78, 5) is 25.5. The molecular formula is C14H21NO3. The van der Waals surface area contributed by atoms with Gasteiger partial charge in [-0.15, -0.1) is 0 Å². The number of carboxylic acids is 1. The van der Waals surface area contributed by atoms with Crippen LogP contribution in [0.4, 0.5) is 0 Å². The number of carboxylic acid groups (broad SMARTS) is 1. The summed E-state index contributed by atoms with van der Waals surface area (Å²) in [6, 6.07) is 0. The Hall–Kier alpha value is -1.32. The molecule has 1 fully saturated rings. The number of amides is 1. The number of likely N-dealkylation sites (tertiary alicyclic amines) is 1. The van der Waals surface area contributed by atoms with Crippen molar-refractivity contribution < 1.29 is 14.7 Å². The molecule has 18 heavy (non-hydrogen) atoms. The van der Waals surface area contributed by atoms with Gasteiger partial charge in [-0.1, -0.05) is 26.0 Å². The van der Waals surface area contributed by atoms with Crippen LogP contribution in [0.15, 0.2) is 12.2 Å². The van der Waals surface area contributed by atoms with Crippen molar-refractivity contribution in [1.29, 1.82) is 0 Å². The van der Waals surface area contributed by atoms with Gasteiger partial charge in [-0.2, -0.15) is 0 Å². The quantitative estimate of drug-likeness (QED) is 0.761. The number of hydrogen-bond donors (Lipinski definition) is 1. The van der Waals surface area contributed by atoms with Gasteiger partial charge >= 0.3 is 5.97 Å². The van der Waals surface area contributed by atoms with E-state index in [1.165, 1.54) is 0 Å². The molecule has 1 aliphatic carbocycles. The van der Waals surface area contributed by atoms with Gasteiger partial charge in [0.05, 0.1) is 11.8 Å². The van der Waals surface area contributed by atoms with Gasteiger partial charge in [-0.25, -0.2) is 0 Å². The maximum absolute atomic E-state index is 12.4. The molecule has 1 amide bonds. The Kier molecular flexibility index (Phi) is 3.73. The van der Waals surface area contributed by atoms with Crippen LogP contribution < -0.4 is 0 Å². The number of allylic oxidation sites excluding steroid dienone is 2. The van der Waals surface area contributed by atoms with Crippen LogP contribution in [0.2, 0.25) is 0 Å². The lowest BCUT2D eigenvalue weighted by atomic mass is 9.82. The van der Waals surface area contributed by atoms with Crippen molar-refractivity contribution in [2.24, 2.45) is 23.7 Å². The van der Waals surface area contributed by atoms with Crippen molar-refractivity contribution in [3.63, 3.8) is 0 Å². The van der Waals surface area contributed by atoms with Gasteiger partial charge in [0.15, 0.2) is 0 Å². The molecule has 0 aromatic rings. The molecule has 1 saturated heterocycles. The first kappa shape index (κ1) is 13.1. The molecule has 4 unspecified atom stereocenters. The highest BCUT2D eigenvalue weighted by Crippen LogP contribution is 2.31. The molecule has 4 atom stereocenters. The first-order chi connectivity index (χ1) is 8.50. The first-order valence-corrected chi connectivity index (χ1v) is 6.67. The fraction of sp³-hybridized carbons (Fsp3) is 0.714. The van der Waals surface area contributed by atoms with Crippen LogP contribution >= 0.6 is 0 Å². The molecule has 4 heteroatoms. The Morgan fingerprint density at radius 1 is 1.06 bits per heavy atom. The normalized spacial score (nSPS) is 35.8. The van der Waals surface area contributed by atoms with E-state index >= 15 is 0 Å². The maximum atomic E-state index is 12.4. The van der Waals surface area contributed by atoms with Crippen molar-refractivity contribution in [2.45, 2.75) is 26.7 Å². The zero-order chi connectivity index (χ0) is 13.3. The van der Waals surface area contributed by atoms with E-state index in [1.54, 1.807) is 0 Å². The van der Waals surface area contributed by atoms with E-state index in [0.717, 1.165) is 13.1 Å². The third-order valence-electron chi connectivity index (χ3n) is 4.37. The second-order valence-corrected chi connectivity index (χ2v) is 5.69. The molecule has 100 valence electrons. The highest BCUT2D eigenvalue weighted by molar-refractivity contribution is 5.85. The molecule has 0 saturated carbocycles. The average molecular weight is 251 g/mol. The highest BCUT2D eigenvalue weighted by Gasteiger charge is 2.39. The SMILES string of the molecule is CC1CN(C(=O)C2CC=CCC2C(=O)O)CC1C. The van der Waals surface area contributed by atoms with Gasteiger partial charge in [0.25, 0.3) is 0 Å². The van der Waals surface area contributed by atoms with E-state index in [1.807, 2.05) is 17.1 Å². The third-order valence-corrected chi connectivity index (χ3v) is 4.37. The van der Waals surface area contributed by atoms with Gasteiger partial charge in [-0.3, -0.25) is 9.59 Å². The fourth-order valence-corrected chi connectivity index (χ4v) is 2.90. The van der Waals surface area contributed by atoms with Crippen molar-refractivity contribution >= 4 is 11.9 Å². The summed E-state index contributed by atoms with van der Waals surface area (Å²) in [7, 11) is 0. The largest absolute Gasteiger partial charge is 0.481 e. The van der Waals surface area contributed by atoms with Crippen LogP contribution in [0.1, 0.15) is 26.7 Å². The van der Waals surface area contributed by atoms with E-state index in [0.29, 0.717) is 24.7 Å². The van der Waals surface area contributed by atoms with Gasteiger partial charge in [0.1, 0.15) is 0 Å². The van der Waals surface area contributed by atoms with E-state index in [4.69, 9.17) is 0 Å². The summed E-state index contributed by atoms with van der Waals surface area (Å²) in [5, 5.41) is 9.20. The standard InChI is InChI=1S/C14H21NO3/c1-9-7-15(8-10(9)2)13(16)11-5-3-4-6-12(11)14(17)18/h3-4,9-12H,5-8H2,1-2H3,(H,17,18). The lowest BCUT2D eigenvalue weighted by Gasteiger charge is -2.28. The Morgan fingerprint density at radius 2 is 1.56 bits per heavy atom. The predicted octanol–water partition coefficient (Wildman–Crippen LogP) is 1.77. The van der Waals surface area contributed by atoms with Crippen molar-refractivity contribution in [2.75, 3.05) is 13.1 Å². The summed E-state index contributed by atoms with van der Waals surface area (Å²) in [5.41, 5.74) is 0. The first-order valence-electron chi connectivity index (χ1n) is 6.67. The Morgan fingerprint density at radius 3 is 2.06 bits per heavy atom. The minimum Gasteiger partial charge on any atom is -0.481 e. The molecule has 1 heterocycles. The molecule has 0 radical (unpaired) electrons. The molecule has 4 nitrogen and oxygen atoms in total. The zero-order valence-electron chi connectivity index (χ0n) is 11.0. The van der Waals surface area contributed by atoms with Gasteiger partial charge in [-0.05, 0) is 24.7 Å². The topological polar surface area (TPSA) is 57.6 Å². The molecule has 2 aliphatic rings. The fourth-order valence-electron chi connectivity index (χ4n) is 2.90. The Bertz CT molecular complexity index is 367. The van der Waals surface area contributed by atoms with Crippen molar-refractivity contribution in [1.82, 2.24) is 4.90 Å². The van der Waals surface area contributed by atoms with E-state index < -0.39 is 11.9 Å². The monoisotopic (exact) mass is 251 g/mol. The summed E-state index contributed by atoms with van der Waals surface area (Å²) in [6.45, 7) is 5.83. The van der Waals surface area contributed by atoms with Gasteiger partial charge in [0.2, 0.25) is 5.91 Å². The number of hydrogen-bond acceptors (Lipinski definition) is 2. The summed E-state index contributed by atoms with van der Waals surface area (Å²) in [6.07, 6.45) is 4.85. The van der Waals surface area contributed by atoms with Crippen molar-refractivity contribution in [3.8, 4) is 0 Å². The minimum absolute atomic E-state index is 0.0305. The van der Waals surface area contributed by atoms with Gasteiger partial charge in [0, 0.05) is 13.1 Å². The van der Waals surface area contributed by atoms with Gasteiger partial charge < -0.3 is 10.0 Å². The van der Waals surface area contributed by atoms with Crippen LogP contribution in [-0.2, 0) is 9.59 Å². The summed E-state index contributed by atoms with van der Waals surface area (Å²) >= 11 is 0. The minimum atomic E-state index is -0.849. The average Bonchev–Trinajstić information content (AvgIpc) is 2.68. The highest BCUT2D eigenvalue weighted by atomic mass is 16.4. The number of aliphatic carboxylic acids is 1. The number of rotatable bonds is 2. The molecule has 1 aliphatic heterocycles. The second kappa shape index (κ2) is 5.12. The van der Waals surface area contributed by atoms with Crippen molar-refractivity contribution in [3.05, 3.63) is 12.2 Å². The Balaban J connectivity index is 2.08. The molecule has 1 N–H and O–H groups in total. The molecular weight excluding hydrogens is 230 g/mol. The van der Waals surface area contributed by atoms with Crippen LogP contribution in [0, 0.1) is 23.7 Å². The van der Waals surface area contributed by atoms with Crippen LogP contribution in [0.3, 0.4) is 0 Å². The number of carbonyl (C=O) groups is 2. The van der Waals surface area contributed by atoms with Crippen LogP contribution in [-0.4, -0.2) is 35.0 Å². The summed E-state index contributed by atoms with van der Waals surface area (Å²) < 4.78 is 0. The Labute approximate surface area is 108 Å². The van der Waals surface area contributed by atoms with E-state index in [9.17, 15) is 14.7 Å². The van der Waals surface area contributed by atoms with Crippen LogP contribution in [0.25, 0.3) is 0 Å². The zero-order valence-corrected chi connectivity index (χ0v) is 11.0. The van der Waals surface area contributed by atoms with Crippen LogP contribution in [0.5, 0.6) is 0 Å². The number of nitrogens with zero attached hydrogens (tertiary/aromatic N) is 1. The molecule has 0 spiro atoms. The second-order valence-electron chi connectivity index (χ2n) is 5.69. The number of carbonyl (C=O) groups excluding carboxylic acids is 1. The molecule has 0 aromatic heterocycles. The third kappa shape index (κ3) is 2.42. The summed E-state index contributed by atoms with van der Waals surface area (Å²) in [5.74, 6) is -0.715. The maximum Gasteiger partial charge on any atom is 0.307 e. The lowest BCUT2D eigenvalue weighted by molar-refractivity contribution is -0.150. The molecule has 0 aromatic carbocycles. The smallest absolute Gasteiger partial charge is 0.307 e. The van der Waals surface area contributed by atoms with E-state index in [2.05, 4.69) is 13.8 Å². The molecule has 2 rings (SSSR count).